The summed E-state index contributed by atoms with van der Waals surface area (Å²) in [7, 11) is 1.38. The predicted octanol–water partition coefficient (Wildman–Crippen LogP) is -0.710. The van der Waals surface area contributed by atoms with Crippen LogP contribution in [0.5, 0.6) is 0 Å². The van der Waals surface area contributed by atoms with Crippen molar-refractivity contribution < 1.29 is 9.53 Å². The Bertz CT molecular complexity index is 151. The number of hydrogen-bond acceptors (Lipinski definition) is 4. The third-order valence-electron chi connectivity index (χ3n) is 1.91. The van der Waals surface area contributed by atoms with Gasteiger partial charge < -0.3 is 9.64 Å². The molecule has 1 aliphatic rings. The van der Waals surface area contributed by atoms with Crippen molar-refractivity contribution in [2.24, 2.45) is 5.84 Å². The van der Waals surface area contributed by atoms with E-state index in [4.69, 9.17) is 5.84 Å². The summed E-state index contributed by atoms with van der Waals surface area (Å²) in [5.41, 5.74) is 2.53. The highest BCUT2D eigenvalue weighted by Crippen LogP contribution is 2.16. The Kier molecular flexibility index (Phi) is 2.67. The number of nitrogens with two attached hydrogens (primary N) is 1. The fraction of sp³-hybridized carbons (Fsp3) is 0.833. The normalized spacial score (nSPS) is 22.7. The first-order valence-electron chi connectivity index (χ1n) is 3.57. The molecule has 5 nitrogen and oxygen atoms in total. The molecule has 0 bridgehead atoms. The van der Waals surface area contributed by atoms with E-state index in [9.17, 15) is 4.79 Å². The number of likely N-dealkylation sites (tertiary alicyclic amines) is 1. The summed E-state index contributed by atoms with van der Waals surface area (Å²) in [6.07, 6.45) is 0.732. The van der Waals surface area contributed by atoms with Gasteiger partial charge >= 0.3 is 6.09 Å². The van der Waals surface area contributed by atoms with Crippen LogP contribution in [-0.2, 0) is 4.74 Å². The molecule has 1 atom stereocenters. The third-order valence-corrected chi connectivity index (χ3v) is 1.91. The average Bonchev–Trinajstić information content (AvgIpc) is 1.98. The molecule has 1 heterocycles. The van der Waals surface area contributed by atoms with Crippen molar-refractivity contribution in [2.75, 3.05) is 20.2 Å². The van der Waals surface area contributed by atoms with Gasteiger partial charge in [-0.3, -0.25) is 11.3 Å². The molecule has 1 amide bonds. The Morgan fingerprint density at radius 2 is 2.64 bits per heavy atom. The fourth-order valence-electron chi connectivity index (χ4n) is 1.15. The minimum atomic E-state index is -0.267. The molecule has 0 aromatic rings. The Morgan fingerprint density at radius 1 is 1.91 bits per heavy atom. The van der Waals surface area contributed by atoms with Gasteiger partial charge in [0.2, 0.25) is 0 Å². The number of nitrogens with one attached hydrogen (secondary N) is 1. The van der Waals surface area contributed by atoms with Crippen molar-refractivity contribution in [2.45, 2.75) is 12.5 Å². The topological polar surface area (TPSA) is 67.6 Å². The van der Waals surface area contributed by atoms with Crippen LogP contribution in [0.15, 0.2) is 0 Å². The highest BCUT2D eigenvalue weighted by atomic mass is 16.5. The molecule has 0 radical (unpaired) electrons. The minimum Gasteiger partial charge on any atom is -0.453 e. The van der Waals surface area contributed by atoms with Crippen molar-refractivity contribution in [3.63, 3.8) is 0 Å². The Morgan fingerprint density at radius 3 is 3.00 bits per heavy atom. The number of methoxy groups -OCH3 is 1. The lowest BCUT2D eigenvalue weighted by atomic mass is 10.1. The lowest BCUT2D eigenvalue weighted by Crippen LogP contribution is -2.56. The summed E-state index contributed by atoms with van der Waals surface area (Å²) in [5.74, 6) is 5.11. The van der Waals surface area contributed by atoms with Gasteiger partial charge in [-0.05, 0) is 6.42 Å². The lowest BCUT2D eigenvalue weighted by molar-refractivity contribution is 0.0615. The number of rotatable bonds is 2. The highest BCUT2D eigenvalue weighted by molar-refractivity contribution is 5.68. The van der Waals surface area contributed by atoms with Gasteiger partial charge in [0.05, 0.1) is 13.2 Å². The number of amides is 1. The van der Waals surface area contributed by atoms with Gasteiger partial charge in [-0.15, -0.1) is 0 Å². The van der Waals surface area contributed by atoms with Gasteiger partial charge in [0.15, 0.2) is 0 Å². The van der Waals surface area contributed by atoms with E-state index in [0.717, 1.165) is 13.0 Å². The maximum atomic E-state index is 10.9. The fourth-order valence-corrected chi connectivity index (χ4v) is 1.15. The first-order valence-corrected chi connectivity index (χ1v) is 3.57. The summed E-state index contributed by atoms with van der Waals surface area (Å²) in [6.45, 7) is 1.41. The molecule has 0 aliphatic carbocycles. The molecule has 0 aromatic heterocycles. The van der Waals surface area contributed by atoms with Crippen LogP contribution in [0.4, 0.5) is 4.79 Å². The van der Waals surface area contributed by atoms with E-state index in [0.29, 0.717) is 6.54 Å². The van der Waals surface area contributed by atoms with Crippen LogP contribution in [0.2, 0.25) is 0 Å². The lowest BCUT2D eigenvalue weighted by Gasteiger charge is -2.39. The second kappa shape index (κ2) is 3.54. The number of carbonyl (C=O) groups excluding carboxylic acids is 1. The van der Waals surface area contributed by atoms with Crippen molar-refractivity contribution in [1.29, 1.82) is 0 Å². The van der Waals surface area contributed by atoms with Gasteiger partial charge in [-0.25, -0.2) is 4.79 Å². The molecule has 11 heavy (non-hydrogen) atoms. The van der Waals surface area contributed by atoms with Crippen LogP contribution in [0.3, 0.4) is 0 Å². The molecule has 5 heteroatoms. The van der Waals surface area contributed by atoms with E-state index in [1.54, 1.807) is 4.90 Å². The summed E-state index contributed by atoms with van der Waals surface area (Å²) in [4.78, 5) is 12.6. The Hall–Kier alpha value is -0.810. The summed E-state index contributed by atoms with van der Waals surface area (Å²) < 4.78 is 4.55. The van der Waals surface area contributed by atoms with Crippen LogP contribution in [0.25, 0.3) is 0 Å². The highest BCUT2D eigenvalue weighted by Gasteiger charge is 2.31. The smallest absolute Gasteiger partial charge is 0.409 e. The quantitative estimate of drug-likeness (QED) is 0.412. The summed E-state index contributed by atoms with van der Waals surface area (Å²) >= 11 is 0. The predicted molar refractivity (Wildman–Crippen MR) is 39.7 cm³/mol. The third kappa shape index (κ3) is 1.61. The first kappa shape index (κ1) is 8.29. The van der Waals surface area contributed by atoms with Crippen molar-refractivity contribution >= 4 is 6.09 Å². The summed E-state index contributed by atoms with van der Waals surface area (Å²) in [5, 5.41) is 0. The van der Waals surface area contributed by atoms with Crippen molar-refractivity contribution in [1.82, 2.24) is 10.3 Å². The van der Waals surface area contributed by atoms with Crippen molar-refractivity contribution in [3.8, 4) is 0 Å². The second-order valence-corrected chi connectivity index (χ2v) is 2.51. The SMILES string of the molecule is COC(=O)N1CCC1CNN. The largest absolute Gasteiger partial charge is 0.453 e. The van der Waals surface area contributed by atoms with Crippen LogP contribution < -0.4 is 11.3 Å². The maximum absolute atomic E-state index is 10.9. The molecule has 0 aromatic carbocycles. The molecule has 0 spiro atoms. The van der Waals surface area contributed by atoms with E-state index in [1.807, 2.05) is 0 Å². The second-order valence-electron chi connectivity index (χ2n) is 2.51. The Labute approximate surface area is 65.5 Å². The van der Waals surface area contributed by atoms with Crippen LogP contribution >= 0.6 is 0 Å². The zero-order chi connectivity index (χ0) is 8.27. The van der Waals surface area contributed by atoms with Crippen molar-refractivity contribution in [3.05, 3.63) is 0 Å². The number of carbonyl (C=O) groups is 1. The molecule has 1 saturated heterocycles. The first-order chi connectivity index (χ1) is 5.29. The molecule has 0 saturated carbocycles. The molecule has 1 fully saturated rings. The number of hydrazine groups is 1. The number of hydrogen-bond donors (Lipinski definition) is 2. The van der Waals surface area contributed by atoms with Gasteiger partial charge in [0.25, 0.3) is 0 Å². The van der Waals surface area contributed by atoms with Gasteiger partial charge in [0.1, 0.15) is 0 Å². The number of nitrogens with zero attached hydrogens (tertiary/aromatic N) is 1. The van der Waals surface area contributed by atoms with Crippen LogP contribution in [0, 0.1) is 0 Å². The zero-order valence-corrected chi connectivity index (χ0v) is 6.54. The molecule has 64 valence electrons. The monoisotopic (exact) mass is 159 g/mol. The van der Waals surface area contributed by atoms with E-state index in [1.165, 1.54) is 7.11 Å². The molecule has 1 rings (SSSR count). The molecule has 3 N–H and O–H groups in total. The zero-order valence-electron chi connectivity index (χ0n) is 6.54. The summed E-state index contributed by atoms with van der Waals surface area (Å²) in [6, 6.07) is 0.215. The molecular formula is C6H13N3O2. The Balaban J connectivity index is 2.30. The standard InChI is InChI=1S/C6H13N3O2/c1-11-6(10)9-3-2-5(9)4-8-7/h5,8H,2-4,7H2,1H3. The van der Waals surface area contributed by atoms with Gasteiger partial charge in [-0.2, -0.15) is 0 Å². The molecule has 1 aliphatic heterocycles. The van der Waals surface area contributed by atoms with Crippen LogP contribution in [-0.4, -0.2) is 37.2 Å². The molecule has 1 unspecified atom stereocenters. The van der Waals surface area contributed by atoms with E-state index >= 15 is 0 Å². The van der Waals surface area contributed by atoms with E-state index in [2.05, 4.69) is 10.2 Å². The van der Waals surface area contributed by atoms with E-state index in [-0.39, 0.29) is 12.1 Å². The average molecular weight is 159 g/mol. The van der Waals surface area contributed by atoms with Gasteiger partial charge in [0, 0.05) is 13.1 Å². The van der Waals surface area contributed by atoms with Crippen LogP contribution in [0.1, 0.15) is 6.42 Å². The number of ether oxygens (including phenoxy) is 1. The molecular weight excluding hydrogens is 146 g/mol. The van der Waals surface area contributed by atoms with E-state index < -0.39 is 0 Å². The maximum Gasteiger partial charge on any atom is 0.409 e. The minimum absolute atomic E-state index is 0.215. The van der Waals surface area contributed by atoms with Gasteiger partial charge in [-0.1, -0.05) is 0 Å².